The summed E-state index contributed by atoms with van der Waals surface area (Å²) in [6, 6.07) is 18.9. The lowest BCUT2D eigenvalue weighted by molar-refractivity contribution is 0.590. The molecule has 1 aromatic heterocycles. The van der Waals surface area contributed by atoms with Crippen LogP contribution in [-0.2, 0) is 5.41 Å². The number of aromatic nitrogens is 2. The summed E-state index contributed by atoms with van der Waals surface area (Å²) in [5.41, 5.74) is 5.89. The van der Waals surface area contributed by atoms with Gasteiger partial charge in [-0.1, -0.05) is 69.3 Å². The Labute approximate surface area is 144 Å². The van der Waals surface area contributed by atoms with Crippen LogP contribution in [0.2, 0.25) is 0 Å². The number of nitrogens with one attached hydrogen (secondary N) is 1. The standard InChI is InChI=1S/C20H22N2.ClH/c1-14-18(16-11-8-12-17(13-16)20(2,3)4)22-19(21-14)15-9-6-5-7-10-15;/h5-13H,1-4H3,(H,21,22);1H. The van der Waals surface area contributed by atoms with E-state index in [1.165, 1.54) is 11.1 Å². The lowest BCUT2D eigenvalue weighted by Crippen LogP contribution is -2.10. The molecule has 0 aliphatic rings. The maximum absolute atomic E-state index is 4.82. The molecule has 0 aliphatic heterocycles. The number of benzene rings is 2. The SMILES string of the molecule is Cc1[nH]c(-c2ccccc2)nc1-c1cccc(C(C)(C)C)c1.Cl. The quantitative estimate of drug-likeness (QED) is 0.636. The number of hydrogen-bond acceptors (Lipinski definition) is 1. The molecule has 23 heavy (non-hydrogen) atoms. The second-order valence-electron chi connectivity index (χ2n) is 6.76. The van der Waals surface area contributed by atoms with Crippen LogP contribution in [0.1, 0.15) is 32.0 Å². The highest BCUT2D eigenvalue weighted by Gasteiger charge is 2.16. The molecule has 3 heteroatoms. The van der Waals surface area contributed by atoms with Crippen molar-refractivity contribution >= 4 is 12.4 Å². The van der Waals surface area contributed by atoms with Crippen LogP contribution in [0, 0.1) is 6.92 Å². The summed E-state index contributed by atoms with van der Waals surface area (Å²) in [5, 5.41) is 0. The van der Waals surface area contributed by atoms with E-state index in [9.17, 15) is 0 Å². The first-order chi connectivity index (χ1) is 10.4. The van der Waals surface area contributed by atoms with E-state index in [1.54, 1.807) is 0 Å². The number of imidazole rings is 1. The van der Waals surface area contributed by atoms with Crippen LogP contribution in [0.4, 0.5) is 0 Å². The van der Waals surface area contributed by atoms with Crippen LogP contribution in [-0.4, -0.2) is 9.97 Å². The van der Waals surface area contributed by atoms with Crippen molar-refractivity contribution < 1.29 is 0 Å². The minimum absolute atomic E-state index is 0. The molecular formula is C20H23ClN2. The zero-order chi connectivity index (χ0) is 15.7. The molecule has 0 spiro atoms. The van der Waals surface area contributed by atoms with E-state index in [-0.39, 0.29) is 17.8 Å². The van der Waals surface area contributed by atoms with Gasteiger partial charge in [-0.2, -0.15) is 0 Å². The Balaban J connectivity index is 0.00000192. The third-order valence-corrected chi connectivity index (χ3v) is 3.93. The van der Waals surface area contributed by atoms with Crippen LogP contribution in [0.5, 0.6) is 0 Å². The Kier molecular flexibility index (Phi) is 4.96. The van der Waals surface area contributed by atoms with Crippen LogP contribution in [0.15, 0.2) is 54.6 Å². The Hall–Kier alpha value is -2.06. The van der Waals surface area contributed by atoms with Crippen LogP contribution in [0.3, 0.4) is 0 Å². The maximum Gasteiger partial charge on any atom is 0.138 e. The molecule has 3 rings (SSSR count). The van der Waals surface area contributed by atoms with Gasteiger partial charge in [0, 0.05) is 16.8 Å². The zero-order valence-electron chi connectivity index (χ0n) is 14.1. The van der Waals surface area contributed by atoms with Crippen molar-refractivity contribution in [2.45, 2.75) is 33.1 Å². The third-order valence-electron chi connectivity index (χ3n) is 3.93. The number of H-pyrrole nitrogens is 1. The van der Waals surface area contributed by atoms with Crippen LogP contribution in [0.25, 0.3) is 22.6 Å². The highest BCUT2D eigenvalue weighted by atomic mass is 35.5. The molecule has 120 valence electrons. The van der Waals surface area contributed by atoms with E-state index in [4.69, 9.17) is 4.98 Å². The summed E-state index contributed by atoms with van der Waals surface area (Å²) in [4.78, 5) is 8.22. The first kappa shape index (κ1) is 17.3. The average molecular weight is 327 g/mol. The minimum Gasteiger partial charge on any atom is -0.342 e. The predicted octanol–water partition coefficient (Wildman–Crippen LogP) is 5.77. The van der Waals surface area contributed by atoms with E-state index in [1.807, 2.05) is 18.2 Å². The van der Waals surface area contributed by atoms with E-state index < -0.39 is 0 Å². The fourth-order valence-corrected chi connectivity index (χ4v) is 2.61. The number of nitrogens with zero attached hydrogens (tertiary/aromatic N) is 1. The Morgan fingerprint density at radius 3 is 2.17 bits per heavy atom. The van der Waals surface area contributed by atoms with Crippen LogP contribution >= 0.6 is 12.4 Å². The summed E-state index contributed by atoms with van der Waals surface area (Å²) in [5.74, 6) is 0.925. The molecule has 1 N–H and O–H groups in total. The van der Waals surface area contributed by atoms with Gasteiger partial charge in [-0.05, 0) is 24.0 Å². The lowest BCUT2D eigenvalue weighted by atomic mass is 9.86. The van der Waals surface area contributed by atoms with E-state index in [0.717, 1.165) is 22.8 Å². The summed E-state index contributed by atoms with van der Waals surface area (Å²) >= 11 is 0. The van der Waals surface area contributed by atoms with Gasteiger partial charge in [0.2, 0.25) is 0 Å². The fourth-order valence-electron chi connectivity index (χ4n) is 2.61. The average Bonchev–Trinajstić information content (AvgIpc) is 2.89. The van der Waals surface area contributed by atoms with Gasteiger partial charge in [0.1, 0.15) is 5.82 Å². The monoisotopic (exact) mass is 326 g/mol. The van der Waals surface area contributed by atoms with Gasteiger partial charge in [-0.15, -0.1) is 12.4 Å². The first-order valence-corrected chi connectivity index (χ1v) is 7.68. The summed E-state index contributed by atoms with van der Waals surface area (Å²) in [7, 11) is 0. The number of hydrogen-bond donors (Lipinski definition) is 1. The van der Waals surface area contributed by atoms with E-state index in [0.29, 0.717) is 0 Å². The largest absolute Gasteiger partial charge is 0.342 e. The number of aryl methyl sites for hydroxylation is 1. The van der Waals surface area contributed by atoms with E-state index >= 15 is 0 Å². The van der Waals surface area contributed by atoms with Crippen molar-refractivity contribution in [3.05, 3.63) is 65.9 Å². The number of halogens is 1. The summed E-state index contributed by atoms with van der Waals surface area (Å²) in [6.07, 6.45) is 0. The molecule has 2 aromatic carbocycles. The van der Waals surface area contributed by atoms with E-state index in [2.05, 4.69) is 69.1 Å². The third kappa shape index (κ3) is 3.65. The van der Waals surface area contributed by atoms with Crippen molar-refractivity contribution in [1.82, 2.24) is 9.97 Å². The second-order valence-corrected chi connectivity index (χ2v) is 6.76. The van der Waals surface area contributed by atoms with Gasteiger partial charge in [-0.3, -0.25) is 0 Å². The summed E-state index contributed by atoms with van der Waals surface area (Å²) < 4.78 is 0. The van der Waals surface area contributed by atoms with Gasteiger partial charge in [-0.25, -0.2) is 4.98 Å². The van der Waals surface area contributed by atoms with Gasteiger partial charge < -0.3 is 4.98 Å². The van der Waals surface area contributed by atoms with Crippen molar-refractivity contribution in [3.8, 4) is 22.6 Å². The number of rotatable bonds is 2. The Morgan fingerprint density at radius 2 is 1.52 bits per heavy atom. The van der Waals surface area contributed by atoms with Crippen LogP contribution < -0.4 is 0 Å². The molecule has 1 heterocycles. The molecule has 0 amide bonds. The maximum atomic E-state index is 4.82. The zero-order valence-corrected chi connectivity index (χ0v) is 14.9. The van der Waals surface area contributed by atoms with Gasteiger partial charge in [0.25, 0.3) is 0 Å². The molecule has 0 saturated heterocycles. The van der Waals surface area contributed by atoms with Crippen molar-refractivity contribution in [3.63, 3.8) is 0 Å². The fraction of sp³-hybridized carbons (Fsp3) is 0.250. The molecule has 0 fully saturated rings. The van der Waals surface area contributed by atoms with Gasteiger partial charge in [0.05, 0.1) is 5.69 Å². The number of aromatic amines is 1. The Morgan fingerprint density at radius 1 is 0.870 bits per heavy atom. The topological polar surface area (TPSA) is 28.7 Å². The molecule has 0 saturated carbocycles. The smallest absolute Gasteiger partial charge is 0.138 e. The Bertz CT molecular complexity index is 783. The highest BCUT2D eigenvalue weighted by molar-refractivity contribution is 5.85. The summed E-state index contributed by atoms with van der Waals surface area (Å²) in [6.45, 7) is 8.79. The first-order valence-electron chi connectivity index (χ1n) is 7.68. The molecule has 0 radical (unpaired) electrons. The molecule has 0 unspecified atom stereocenters. The normalized spacial score (nSPS) is 11.1. The molecule has 0 bridgehead atoms. The van der Waals surface area contributed by atoms with Gasteiger partial charge in [0.15, 0.2) is 0 Å². The second kappa shape index (κ2) is 6.59. The molecular weight excluding hydrogens is 304 g/mol. The molecule has 2 nitrogen and oxygen atoms in total. The van der Waals surface area contributed by atoms with Crippen molar-refractivity contribution in [2.24, 2.45) is 0 Å². The van der Waals surface area contributed by atoms with Crippen molar-refractivity contribution in [2.75, 3.05) is 0 Å². The molecule has 0 aliphatic carbocycles. The van der Waals surface area contributed by atoms with Crippen molar-refractivity contribution in [1.29, 1.82) is 0 Å². The molecule has 3 aromatic rings. The highest BCUT2D eigenvalue weighted by Crippen LogP contribution is 2.29. The lowest BCUT2D eigenvalue weighted by Gasteiger charge is -2.19. The van der Waals surface area contributed by atoms with Gasteiger partial charge >= 0.3 is 0 Å². The predicted molar refractivity (Wildman–Crippen MR) is 100 cm³/mol. The minimum atomic E-state index is 0. The molecule has 0 atom stereocenters.